The molecule has 0 aliphatic rings. The number of benzene rings is 2. The van der Waals surface area contributed by atoms with Crippen LogP contribution in [0, 0.1) is 0 Å². The van der Waals surface area contributed by atoms with Crippen LogP contribution in [0.4, 0.5) is 0 Å². The van der Waals surface area contributed by atoms with Crippen LogP contribution in [0.3, 0.4) is 0 Å². The lowest BCUT2D eigenvalue weighted by Gasteiger charge is -2.34. The average Bonchev–Trinajstić information content (AvgIpc) is 3.41. The highest BCUT2D eigenvalue weighted by atomic mass is 16.1. The first kappa shape index (κ1) is 16.8. The van der Waals surface area contributed by atoms with Gasteiger partial charge in [0.25, 0.3) is 0 Å². The van der Waals surface area contributed by atoms with Gasteiger partial charge in [-0.2, -0.15) is 0 Å². The Labute approximate surface area is 156 Å². The van der Waals surface area contributed by atoms with E-state index in [0.717, 1.165) is 35.1 Å². The molecule has 0 fully saturated rings. The van der Waals surface area contributed by atoms with Crippen molar-refractivity contribution in [2.75, 3.05) is 0 Å². The summed E-state index contributed by atoms with van der Waals surface area (Å²) in [5.74, 6) is 0. The molecule has 132 valence electrons. The lowest BCUT2D eigenvalue weighted by Crippen LogP contribution is -2.32. The Hall–Kier alpha value is -3.66. The molecule has 0 bridgehead atoms. The van der Waals surface area contributed by atoms with Crippen molar-refractivity contribution in [3.8, 4) is 0 Å². The monoisotopic (exact) mass is 354 g/mol. The zero-order valence-corrected chi connectivity index (χ0v) is 14.6. The largest absolute Gasteiger partial charge is 0.355 e. The second-order valence-electron chi connectivity index (χ2n) is 6.37. The summed E-state index contributed by atoms with van der Waals surface area (Å²) in [4.78, 5) is 29.1. The van der Waals surface area contributed by atoms with E-state index in [0.29, 0.717) is 11.4 Å². The number of aromatic amines is 2. The van der Waals surface area contributed by atoms with Gasteiger partial charge in [-0.3, -0.25) is 9.59 Å². The van der Waals surface area contributed by atoms with Gasteiger partial charge in [-0.15, -0.1) is 0 Å². The zero-order chi connectivity index (χ0) is 18.7. The maximum absolute atomic E-state index is 11.3. The van der Waals surface area contributed by atoms with Gasteiger partial charge in [0.15, 0.2) is 12.6 Å². The van der Waals surface area contributed by atoms with Crippen molar-refractivity contribution in [3.05, 3.63) is 119 Å². The maximum Gasteiger partial charge on any atom is 0.166 e. The molecule has 2 N–H and O–H groups in total. The summed E-state index contributed by atoms with van der Waals surface area (Å²) < 4.78 is 0. The molecule has 2 heterocycles. The average molecular weight is 354 g/mol. The Bertz CT molecular complexity index is 974. The van der Waals surface area contributed by atoms with Gasteiger partial charge < -0.3 is 9.97 Å². The van der Waals surface area contributed by atoms with E-state index in [2.05, 4.69) is 34.2 Å². The van der Waals surface area contributed by atoms with Crippen LogP contribution in [-0.2, 0) is 5.41 Å². The van der Waals surface area contributed by atoms with E-state index in [9.17, 15) is 9.59 Å². The van der Waals surface area contributed by atoms with Crippen LogP contribution >= 0.6 is 0 Å². The summed E-state index contributed by atoms with van der Waals surface area (Å²) >= 11 is 0. The van der Waals surface area contributed by atoms with E-state index < -0.39 is 5.41 Å². The first-order chi connectivity index (χ1) is 13.3. The predicted octanol–water partition coefficient (Wildman–Crippen LogP) is 4.35. The van der Waals surface area contributed by atoms with Crippen molar-refractivity contribution < 1.29 is 9.59 Å². The first-order valence-electron chi connectivity index (χ1n) is 8.69. The summed E-state index contributed by atoms with van der Waals surface area (Å²) in [5.41, 5.74) is 4.03. The Morgan fingerprint density at radius 1 is 0.556 bits per heavy atom. The van der Waals surface area contributed by atoms with E-state index in [1.807, 2.05) is 48.5 Å². The van der Waals surface area contributed by atoms with Gasteiger partial charge in [-0.05, 0) is 35.4 Å². The third-order valence-electron chi connectivity index (χ3n) is 4.89. The van der Waals surface area contributed by atoms with Crippen molar-refractivity contribution in [2.45, 2.75) is 5.41 Å². The lowest BCUT2D eigenvalue weighted by atomic mass is 9.69. The van der Waals surface area contributed by atoms with Crippen molar-refractivity contribution in [2.24, 2.45) is 0 Å². The van der Waals surface area contributed by atoms with Crippen LogP contribution in [0.15, 0.2) is 84.9 Å². The number of hydrogen-bond donors (Lipinski definition) is 2. The minimum atomic E-state index is -0.717. The van der Waals surface area contributed by atoms with E-state index in [-0.39, 0.29) is 0 Å². The van der Waals surface area contributed by atoms with Crippen LogP contribution in [0.1, 0.15) is 43.5 Å². The Morgan fingerprint density at radius 3 is 1.30 bits per heavy atom. The zero-order valence-electron chi connectivity index (χ0n) is 14.6. The molecule has 0 atom stereocenters. The normalized spacial score (nSPS) is 11.3. The number of aromatic nitrogens is 2. The summed E-state index contributed by atoms with van der Waals surface area (Å²) in [6, 6.07) is 27.5. The van der Waals surface area contributed by atoms with Crippen LogP contribution < -0.4 is 0 Å². The molecule has 0 amide bonds. The fourth-order valence-corrected chi connectivity index (χ4v) is 3.71. The minimum absolute atomic E-state index is 0.503. The topological polar surface area (TPSA) is 65.7 Å². The van der Waals surface area contributed by atoms with Crippen LogP contribution in [0.2, 0.25) is 0 Å². The molecule has 4 nitrogen and oxygen atoms in total. The fraction of sp³-hybridized carbons (Fsp3) is 0.0435. The van der Waals surface area contributed by atoms with Crippen molar-refractivity contribution in [3.63, 3.8) is 0 Å². The number of H-pyrrole nitrogens is 2. The second kappa shape index (κ2) is 6.92. The summed E-state index contributed by atoms with van der Waals surface area (Å²) in [7, 11) is 0. The quantitative estimate of drug-likeness (QED) is 0.506. The van der Waals surface area contributed by atoms with E-state index in [4.69, 9.17) is 0 Å². The molecule has 0 aliphatic heterocycles. The van der Waals surface area contributed by atoms with Gasteiger partial charge in [0, 0.05) is 11.4 Å². The summed E-state index contributed by atoms with van der Waals surface area (Å²) in [6.45, 7) is 0. The highest BCUT2D eigenvalue weighted by Gasteiger charge is 2.40. The molecular formula is C23H18N2O2. The molecule has 4 heteroatoms. The lowest BCUT2D eigenvalue weighted by molar-refractivity contribution is 0.111. The first-order valence-corrected chi connectivity index (χ1v) is 8.69. The molecular weight excluding hydrogens is 336 g/mol. The molecule has 2 aromatic heterocycles. The molecule has 0 saturated carbocycles. The highest BCUT2D eigenvalue weighted by Crippen LogP contribution is 2.43. The Kier molecular flexibility index (Phi) is 4.30. The van der Waals surface area contributed by atoms with E-state index >= 15 is 0 Å². The second-order valence-corrected chi connectivity index (χ2v) is 6.37. The SMILES string of the molecule is O=Cc1ccc(C(c2ccccc2)(c2ccccc2)c2ccc(C=O)[nH]2)[nH]1. The van der Waals surface area contributed by atoms with Gasteiger partial charge in [-0.1, -0.05) is 60.7 Å². The van der Waals surface area contributed by atoms with Crippen LogP contribution in [-0.4, -0.2) is 22.5 Å². The highest BCUT2D eigenvalue weighted by molar-refractivity contribution is 5.74. The number of carbonyl (C=O) groups is 2. The molecule has 4 rings (SSSR count). The molecule has 0 spiro atoms. The smallest absolute Gasteiger partial charge is 0.166 e. The van der Waals surface area contributed by atoms with Gasteiger partial charge in [0.2, 0.25) is 0 Å². The number of aldehydes is 2. The van der Waals surface area contributed by atoms with E-state index in [1.54, 1.807) is 12.1 Å². The van der Waals surface area contributed by atoms with Crippen molar-refractivity contribution in [1.29, 1.82) is 0 Å². The summed E-state index contributed by atoms with van der Waals surface area (Å²) in [6.07, 6.45) is 1.60. The van der Waals surface area contributed by atoms with Crippen molar-refractivity contribution in [1.82, 2.24) is 9.97 Å². The number of nitrogens with one attached hydrogen (secondary N) is 2. The molecule has 0 unspecified atom stereocenters. The maximum atomic E-state index is 11.3. The molecule has 0 saturated heterocycles. The predicted molar refractivity (Wildman–Crippen MR) is 104 cm³/mol. The van der Waals surface area contributed by atoms with Gasteiger partial charge in [0.05, 0.1) is 11.4 Å². The molecule has 0 aliphatic carbocycles. The Balaban J connectivity index is 2.11. The number of hydrogen-bond acceptors (Lipinski definition) is 2. The third kappa shape index (κ3) is 2.72. The van der Waals surface area contributed by atoms with Crippen LogP contribution in [0.25, 0.3) is 0 Å². The number of carbonyl (C=O) groups excluding carboxylic acids is 2. The standard InChI is InChI=1S/C23H18N2O2/c26-15-19-11-13-21(24-19)23(17-7-3-1-4-8-17,18-9-5-2-6-10-18)22-14-12-20(16-27)25-22/h1-16,24-25H. The summed E-state index contributed by atoms with van der Waals surface area (Å²) in [5, 5.41) is 0. The molecule has 2 aromatic carbocycles. The molecule has 27 heavy (non-hydrogen) atoms. The van der Waals surface area contributed by atoms with Gasteiger partial charge >= 0.3 is 0 Å². The molecule has 4 aromatic rings. The minimum Gasteiger partial charge on any atom is -0.355 e. The van der Waals surface area contributed by atoms with Crippen LogP contribution in [0.5, 0.6) is 0 Å². The van der Waals surface area contributed by atoms with Crippen molar-refractivity contribution >= 4 is 12.6 Å². The van der Waals surface area contributed by atoms with Gasteiger partial charge in [-0.25, -0.2) is 0 Å². The third-order valence-corrected chi connectivity index (χ3v) is 4.89. The van der Waals surface area contributed by atoms with Gasteiger partial charge in [0.1, 0.15) is 5.41 Å². The Morgan fingerprint density at radius 2 is 0.963 bits per heavy atom. The van der Waals surface area contributed by atoms with E-state index in [1.165, 1.54) is 0 Å². The molecule has 0 radical (unpaired) electrons. The fourth-order valence-electron chi connectivity index (χ4n) is 3.71. The number of rotatable bonds is 6.